The summed E-state index contributed by atoms with van der Waals surface area (Å²) in [5.41, 5.74) is 1.13. The van der Waals surface area contributed by atoms with E-state index in [0.717, 1.165) is 35.8 Å². The van der Waals surface area contributed by atoms with Crippen LogP contribution in [0, 0.1) is 5.92 Å². The number of likely N-dealkylation sites (tertiary alicyclic amines) is 1. The lowest BCUT2D eigenvalue weighted by Gasteiger charge is -2.43. The number of hydrogen-bond donors (Lipinski definition) is 0. The van der Waals surface area contributed by atoms with Gasteiger partial charge in [0.2, 0.25) is 0 Å². The molecule has 6 nitrogen and oxygen atoms in total. The number of anilines is 1. The van der Waals surface area contributed by atoms with Gasteiger partial charge in [0.25, 0.3) is 17.7 Å². The SMILES string of the molecule is O=C1c2ccccc2C(=O)N1c1cc(C(=O)N2CCCC3CCCCC32)ns1. The number of aromatic nitrogens is 1. The molecular formula is C21H21N3O3S. The van der Waals surface area contributed by atoms with Gasteiger partial charge in [0.15, 0.2) is 0 Å². The Morgan fingerprint density at radius 2 is 1.68 bits per heavy atom. The number of carbonyl (C=O) groups excluding carboxylic acids is 3. The van der Waals surface area contributed by atoms with E-state index in [9.17, 15) is 14.4 Å². The van der Waals surface area contributed by atoms with Crippen LogP contribution < -0.4 is 4.90 Å². The minimum atomic E-state index is -0.353. The maximum absolute atomic E-state index is 13.1. The quantitative estimate of drug-likeness (QED) is 0.727. The predicted octanol–water partition coefficient (Wildman–Crippen LogP) is 3.74. The molecule has 0 radical (unpaired) electrons. The van der Waals surface area contributed by atoms with Crippen molar-refractivity contribution in [2.24, 2.45) is 5.92 Å². The average molecular weight is 395 g/mol. The summed E-state index contributed by atoms with van der Waals surface area (Å²) >= 11 is 1.03. The largest absolute Gasteiger partial charge is 0.334 e. The molecule has 1 aromatic heterocycles. The molecule has 2 unspecified atom stereocenters. The summed E-state index contributed by atoms with van der Waals surface area (Å²) in [4.78, 5) is 41.6. The van der Waals surface area contributed by atoms with Crippen LogP contribution in [0.2, 0.25) is 0 Å². The highest BCUT2D eigenvalue weighted by molar-refractivity contribution is 7.11. The third-order valence-electron chi connectivity index (χ3n) is 6.24. The van der Waals surface area contributed by atoms with E-state index in [4.69, 9.17) is 0 Å². The van der Waals surface area contributed by atoms with Crippen LogP contribution >= 0.6 is 11.5 Å². The Balaban J connectivity index is 1.40. The third kappa shape index (κ3) is 2.68. The lowest BCUT2D eigenvalue weighted by molar-refractivity contribution is 0.0386. The molecule has 1 saturated heterocycles. The standard InChI is InChI=1S/C21H21N3O3S/c25-19-14-8-2-3-9-15(14)20(26)24(19)18-12-16(22-28-18)21(27)23-11-5-7-13-6-1-4-10-17(13)23/h2-3,8-9,12-13,17H,1,4-7,10-11H2. The number of fused-ring (bicyclic) bond motifs is 2. The van der Waals surface area contributed by atoms with Gasteiger partial charge in [-0.3, -0.25) is 14.4 Å². The molecule has 2 aliphatic heterocycles. The molecule has 2 fully saturated rings. The van der Waals surface area contributed by atoms with Crippen molar-refractivity contribution in [1.82, 2.24) is 9.27 Å². The van der Waals surface area contributed by atoms with E-state index in [2.05, 4.69) is 4.37 Å². The molecule has 5 rings (SSSR count). The van der Waals surface area contributed by atoms with Crippen LogP contribution in [0.1, 0.15) is 69.7 Å². The average Bonchev–Trinajstić information content (AvgIpc) is 3.31. The topological polar surface area (TPSA) is 70.6 Å². The fourth-order valence-corrected chi connectivity index (χ4v) is 5.62. The molecule has 1 aliphatic carbocycles. The molecule has 28 heavy (non-hydrogen) atoms. The van der Waals surface area contributed by atoms with Gasteiger partial charge in [0.05, 0.1) is 11.1 Å². The number of rotatable bonds is 2. The first-order chi connectivity index (χ1) is 13.6. The highest BCUT2D eigenvalue weighted by Crippen LogP contribution is 2.37. The Labute approximate surface area is 167 Å². The van der Waals surface area contributed by atoms with E-state index < -0.39 is 0 Å². The van der Waals surface area contributed by atoms with Crippen LogP contribution in [0.15, 0.2) is 30.3 Å². The second-order valence-electron chi connectivity index (χ2n) is 7.79. The summed E-state index contributed by atoms with van der Waals surface area (Å²) in [6.07, 6.45) is 6.91. The summed E-state index contributed by atoms with van der Waals surface area (Å²) in [6, 6.07) is 8.69. The number of piperidine rings is 1. The van der Waals surface area contributed by atoms with Gasteiger partial charge in [-0.1, -0.05) is 25.0 Å². The molecule has 2 atom stereocenters. The maximum Gasteiger partial charge on any atom is 0.273 e. The molecule has 3 amide bonds. The molecule has 1 aromatic carbocycles. The van der Waals surface area contributed by atoms with Crippen molar-refractivity contribution in [2.75, 3.05) is 11.4 Å². The van der Waals surface area contributed by atoms with Gasteiger partial charge < -0.3 is 4.90 Å². The summed E-state index contributed by atoms with van der Waals surface area (Å²) in [5.74, 6) is -0.182. The Morgan fingerprint density at radius 1 is 1.00 bits per heavy atom. The molecule has 2 aromatic rings. The summed E-state index contributed by atoms with van der Waals surface area (Å²) in [5, 5.41) is 0.409. The summed E-state index contributed by atoms with van der Waals surface area (Å²) < 4.78 is 4.31. The number of amides is 3. The summed E-state index contributed by atoms with van der Waals surface area (Å²) in [6.45, 7) is 0.764. The normalized spacial score (nSPS) is 24.3. The van der Waals surface area contributed by atoms with Crippen LogP contribution in [0.25, 0.3) is 0 Å². The number of hydrogen-bond acceptors (Lipinski definition) is 5. The van der Waals surface area contributed by atoms with E-state index in [1.807, 2.05) is 4.90 Å². The molecule has 7 heteroatoms. The van der Waals surface area contributed by atoms with Crippen molar-refractivity contribution < 1.29 is 14.4 Å². The lowest BCUT2D eigenvalue weighted by atomic mass is 9.78. The Bertz CT molecular complexity index is 932. The molecule has 0 spiro atoms. The minimum absolute atomic E-state index is 0.0734. The Hall–Kier alpha value is -2.54. The van der Waals surface area contributed by atoms with Crippen molar-refractivity contribution in [2.45, 2.75) is 44.6 Å². The molecule has 144 valence electrons. The molecule has 0 bridgehead atoms. The first-order valence-corrected chi connectivity index (χ1v) is 10.7. The number of carbonyl (C=O) groups is 3. The van der Waals surface area contributed by atoms with Crippen LogP contribution in [0.5, 0.6) is 0 Å². The Kier molecular flexibility index (Phi) is 4.27. The van der Waals surface area contributed by atoms with Gasteiger partial charge in [-0.25, -0.2) is 4.90 Å². The van der Waals surface area contributed by atoms with E-state index in [1.165, 1.54) is 25.7 Å². The van der Waals surface area contributed by atoms with Gasteiger partial charge in [-0.15, -0.1) is 0 Å². The van der Waals surface area contributed by atoms with Gasteiger partial charge in [0.1, 0.15) is 10.7 Å². The van der Waals surface area contributed by atoms with E-state index in [0.29, 0.717) is 33.8 Å². The molecular weight excluding hydrogens is 374 g/mol. The monoisotopic (exact) mass is 395 g/mol. The second kappa shape index (κ2) is 6.81. The fraction of sp³-hybridized carbons (Fsp3) is 0.429. The van der Waals surface area contributed by atoms with Crippen molar-refractivity contribution in [3.63, 3.8) is 0 Å². The first-order valence-electron chi connectivity index (χ1n) is 9.90. The molecule has 0 N–H and O–H groups in total. The minimum Gasteiger partial charge on any atom is -0.334 e. The predicted molar refractivity (Wildman–Crippen MR) is 106 cm³/mol. The highest BCUT2D eigenvalue weighted by Gasteiger charge is 2.39. The number of benzene rings is 1. The molecule has 3 aliphatic rings. The van der Waals surface area contributed by atoms with Crippen molar-refractivity contribution >= 4 is 34.3 Å². The second-order valence-corrected chi connectivity index (χ2v) is 8.58. The maximum atomic E-state index is 13.1. The van der Waals surface area contributed by atoms with Crippen LogP contribution in [0.3, 0.4) is 0 Å². The molecule has 1 saturated carbocycles. The van der Waals surface area contributed by atoms with Gasteiger partial charge in [0, 0.05) is 18.7 Å². The van der Waals surface area contributed by atoms with E-state index in [-0.39, 0.29) is 17.7 Å². The number of imide groups is 1. The van der Waals surface area contributed by atoms with Crippen LogP contribution in [-0.2, 0) is 0 Å². The van der Waals surface area contributed by atoms with Crippen molar-refractivity contribution in [3.05, 3.63) is 47.2 Å². The van der Waals surface area contributed by atoms with Gasteiger partial charge in [-0.2, -0.15) is 4.37 Å². The number of nitrogens with zero attached hydrogens (tertiary/aromatic N) is 3. The van der Waals surface area contributed by atoms with Crippen LogP contribution in [-0.4, -0.2) is 39.6 Å². The highest BCUT2D eigenvalue weighted by atomic mass is 32.1. The molecule has 3 heterocycles. The van der Waals surface area contributed by atoms with Gasteiger partial charge >= 0.3 is 0 Å². The van der Waals surface area contributed by atoms with Crippen LogP contribution in [0.4, 0.5) is 5.00 Å². The third-order valence-corrected chi connectivity index (χ3v) is 7.01. The Morgan fingerprint density at radius 3 is 2.43 bits per heavy atom. The van der Waals surface area contributed by atoms with E-state index in [1.54, 1.807) is 30.3 Å². The smallest absolute Gasteiger partial charge is 0.273 e. The zero-order chi connectivity index (χ0) is 19.3. The van der Waals surface area contributed by atoms with Gasteiger partial charge in [-0.05, 0) is 55.3 Å². The lowest BCUT2D eigenvalue weighted by Crippen LogP contribution is -2.49. The summed E-state index contributed by atoms with van der Waals surface area (Å²) in [7, 11) is 0. The van der Waals surface area contributed by atoms with E-state index >= 15 is 0 Å². The zero-order valence-corrected chi connectivity index (χ0v) is 16.3. The zero-order valence-electron chi connectivity index (χ0n) is 15.5. The van der Waals surface area contributed by atoms with Crippen molar-refractivity contribution in [3.8, 4) is 0 Å². The first kappa shape index (κ1) is 17.6. The fourth-order valence-electron chi connectivity index (χ4n) is 4.89. The van der Waals surface area contributed by atoms with Crippen molar-refractivity contribution in [1.29, 1.82) is 0 Å².